The van der Waals surface area contributed by atoms with E-state index in [-0.39, 0.29) is 0 Å². The van der Waals surface area contributed by atoms with Gasteiger partial charge in [0, 0.05) is 13.5 Å². The van der Waals surface area contributed by atoms with Gasteiger partial charge in [0.15, 0.2) is 5.82 Å². The fourth-order valence-corrected chi connectivity index (χ4v) is 2.19. The first-order valence-electron chi connectivity index (χ1n) is 5.41. The number of hydrogen-bond acceptors (Lipinski definition) is 3. The molecule has 0 aliphatic heterocycles. The largest absolute Gasteiger partial charge is 0.368 e. The predicted molar refractivity (Wildman–Crippen MR) is 55.7 cm³/mol. The van der Waals surface area contributed by atoms with E-state index in [0.29, 0.717) is 5.95 Å². The maximum Gasteiger partial charge on any atom is 0.218 e. The van der Waals surface area contributed by atoms with Gasteiger partial charge < -0.3 is 5.73 Å². The Morgan fingerprint density at radius 2 is 2.07 bits per heavy atom. The topological polar surface area (TPSA) is 56.7 Å². The molecule has 4 heteroatoms. The molecule has 1 aliphatic carbocycles. The van der Waals surface area contributed by atoms with Gasteiger partial charge in [0.25, 0.3) is 0 Å². The van der Waals surface area contributed by atoms with Crippen LogP contribution in [0.15, 0.2) is 0 Å². The fourth-order valence-electron chi connectivity index (χ4n) is 2.19. The van der Waals surface area contributed by atoms with Crippen LogP contribution in [0.5, 0.6) is 0 Å². The molecule has 1 aromatic rings. The van der Waals surface area contributed by atoms with Crippen molar-refractivity contribution in [2.45, 2.75) is 38.5 Å². The van der Waals surface area contributed by atoms with Gasteiger partial charge in [-0.15, -0.1) is 0 Å². The highest BCUT2D eigenvalue weighted by molar-refractivity contribution is 5.15. The summed E-state index contributed by atoms with van der Waals surface area (Å²) in [5.74, 6) is 2.22. The van der Waals surface area contributed by atoms with Crippen LogP contribution in [0.1, 0.15) is 37.9 Å². The van der Waals surface area contributed by atoms with Gasteiger partial charge in [-0.05, 0) is 5.92 Å². The third-order valence-corrected chi connectivity index (χ3v) is 3.04. The second-order valence-electron chi connectivity index (χ2n) is 4.22. The van der Waals surface area contributed by atoms with E-state index in [4.69, 9.17) is 5.73 Å². The predicted octanol–water partition coefficient (Wildman–Crippen LogP) is 1.52. The van der Waals surface area contributed by atoms with Crippen molar-refractivity contribution < 1.29 is 0 Å². The molecule has 0 spiro atoms. The van der Waals surface area contributed by atoms with Crippen LogP contribution in [0.4, 0.5) is 5.95 Å². The van der Waals surface area contributed by atoms with Crippen LogP contribution in [0.25, 0.3) is 0 Å². The van der Waals surface area contributed by atoms with E-state index in [1.807, 2.05) is 7.05 Å². The molecule has 1 heterocycles. The molecule has 2 N–H and O–H groups in total. The van der Waals surface area contributed by atoms with Gasteiger partial charge in [-0.25, -0.2) is 4.68 Å². The summed E-state index contributed by atoms with van der Waals surface area (Å²) in [6.07, 6.45) is 7.80. The summed E-state index contributed by atoms with van der Waals surface area (Å²) in [5.41, 5.74) is 5.64. The van der Waals surface area contributed by atoms with Crippen LogP contribution in [-0.2, 0) is 13.5 Å². The molecule has 0 atom stereocenters. The summed E-state index contributed by atoms with van der Waals surface area (Å²) in [4.78, 5) is 4.23. The third-order valence-electron chi connectivity index (χ3n) is 3.04. The Labute approximate surface area is 84.5 Å². The second-order valence-corrected chi connectivity index (χ2v) is 4.22. The molecule has 1 saturated carbocycles. The first-order chi connectivity index (χ1) is 6.75. The normalized spacial score (nSPS) is 18.6. The number of aromatic nitrogens is 3. The molecule has 1 aromatic heterocycles. The van der Waals surface area contributed by atoms with E-state index < -0.39 is 0 Å². The number of rotatable bonds is 2. The molecule has 0 saturated heterocycles. The smallest absolute Gasteiger partial charge is 0.218 e. The van der Waals surface area contributed by atoms with Crippen molar-refractivity contribution in [3.8, 4) is 0 Å². The summed E-state index contributed by atoms with van der Waals surface area (Å²) in [6.45, 7) is 0. The number of nitrogen functional groups attached to an aromatic ring is 1. The van der Waals surface area contributed by atoms with Gasteiger partial charge in [-0.2, -0.15) is 10.1 Å². The zero-order valence-corrected chi connectivity index (χ0v) is 8.74. The minimum atomic E-state index is 0.524. The number of nitrogens with zero attached hydrogens (tertiary/aromatic N) is 3. The first-order valence-corrected chi connectivity index (χ1v) is 5.41. The molecule has 1 aliphatic rings. The van der Waals surface area contributed by atoms with E-state index in [1.165, 1.54) is 32.1 Å². The van der Waals surface area contributed by atoms with Crippen LogP contribution >= 0.6 is 0 Å². The average Bonchev–Trinajstić information content (AvgIpc) is 2.47. The lowest BCUT2D eigenvalue weighted by Crippen LogP contribution is -2.10. The Morgan fingerprint density at radius 3 is 2.64 bits per heavy atom. The SMILES string of the molecule is Cn1nc(CC2CCCCC2)nc1N. The molecular formula is C10H18N4. The van der Waals surface area contributed by atoms with Crippen molar-refractivity contribution in [1.82, 2.24) is 14.8 Å². The van der Waals surface area contributed by atoms with E-state index >= 15 is 0 Å². The van der Waals surface area contributed by atoms with Crippen LogP contribution in [0.3, 0.4) is 0 Å². The number of aryl methyl sites for hydroxylation is 1. The zero-order chi connectivity index (χ0) is 9.97. The van der Waals surface area contributed by atoms with E-state index in [0.717, 1.165) is 18.2 Å². The molecule has 0 bridgehead atoms. The second kappa shape index (κ2) is 3.98. The van der Waals surface area contributed by atoms with Crippen molar-refractivity contribution >= 4 is 5.95 Å². The standard InChI is InChI=1S/C10H18N4/c1-14-10(11)12-9(13-14)7-8-5-3-2-4-6-8/h8H,2-7H2,1H3,(H2,11,12,13). The molecule has 2 rings (SSSR count). The maximum absolute atomic E-state index is 5.64. The van der Waals surface area contributed by atoms with Gasteiger partial charge >= 0.3 is 0 Å². The Kier molecular flexibility index (Phi) is 2.70. The Balaban J connectivity index is 1.95. The van der Waals surface area contributed by atoms with E-state index in [9.17, 15) is 0 Å². The lowest BCUT2D eigenvalue weighted by atomic mass is 9.87. The van der Waals surface area contributed by atoms with Gasteiger partial charge in [0.1, 0.15) is 0 Å². The third kappa shape index (κ3) is 2.05. The first kappa shape index (κ1) is 9.49. The molecule has 14 heavy (non-hydrogen) atoms. The molecule has 78 valence electrons. The van der Waals surface area contributed by atoms with Crippen LogP contribution in [-0.4, -0.2) is 14.8 Å². The van der Waals surface area contributed by atoms with Crippen LogP contribution in [0, 0.1) is 5.92 Å². The molecule has 1 fully saturated rings. The summed E-state index contributed by atoms with van der Waals surface area (Å²) < 4.78 is 1.65. The minimum absolute atomic E-state index is 0.524. The Morgan fingerprint density at radius 1 is 1.36 bits per heavy atom. The Bertz CT molecular complexity index is 280. The zero-order valence-electron chi connectivity index (χ0n) is 8.74. The molecule has 0 aromatic carbocycles. The van der Waals surface area contributed by atoms with E-state index in [1.54, 1.807) is 4.68 Å². The maximum atomic E-state index is 5.64. The summed E-state index contributed by atoms with van der Waals surface area (Å²) in [5, 5.41) is 4.28. The average molecular weight is 194 g/mol. The van der Waals surface area contributed by atoms with Gasteiger partial charge in [-0.3, -0.25) is 0 Å². The highest BCUT2D eigenvalue weighted by Crippen LogP contribution is 2.25. The van der Waals surface area contributed by atoms with Crippen molar-refractivity contribution in [3.05, 3.63) is 5.82 Å². The molecule has 0 amide bonds. The number of nitrogens with two attached hydrogens (primary N) is 1. The molecule has 4 nitrogen and oxygen atoms in total. The summed E-state index contributed by atoms with van der Waals surface area (Å²) in [6, 6.07) is 0. The van der Waals surface area contributed by atoms with Gasteiger partial charge in [-0.1, -0.05) is 32.1 Å². The molecular weight excluding hydrogens is 176 g/mol. The monoisotopic (exact) mass is 194 g/mol. The quantitative estimate of drug-likeness (QED) is 0.776. The lowest BCUT2D eigenvalue weighted by molar-refractivity contribution is 0.351. The number of anilines is 1. The lowest BCUT2D eigenvalue weighted by Gasteiger charge is -2.19. The van der Waals surface area contributed by atoms with Crippen LogP contribution in [0.2, 0.25) is 0 Å². The highest BCUT2D eigenvalue weighted by atomic mass is 15.4. The van der Waals surface area contributed by atoms with Gasteiger partial charge in [0.2, 0.25) is 5.95 Å². The Hall–Kier alpha value is -1.06. The van der Waals surface area contributed by atoms with Crippen molar-refractivity contribution in [1.29, 1.82) is 0 Å². The molecule has 0 unspecified atom stereocenters. The minimum Gasteiger partial charge on any atom is -0.368 e. The van der Waals surface area contributed by atoms with Crippen LogP contribution < -0.4 is 5.73 Å². The summed E-state index contributed by atoms with van der Waals surface area (Å²) in [7, 11) is 1.84. The van der Waals surface area contributed by atoms with Crippen molar-refractivity contribution in [3.63, 3.8) is 0 Å². The molecule has 0 radical (unpaired) electrons. The highest BCUT2D eigenvalue weighted by Gasteiger charge is 2.16. The fraction of sp³-hybridized carbons (Fsp3) is 0.800. The van der Waals surface area contributed by atoms with Crippen molar-refractivity contribution in [2.75, 3.05) is 5.73 Å². The van der Waals surface area contributed by atoms with E-state index in [2.05, 4.69) is 10.1 Å². The number of hydrogen-bond donors (Lipinski definition) is 1. The van der Waals surface area contributed by atoms with Gasteiger partial charge in [0.05, 0.1) is 0 Å². The van der Waals surface area contributed by atoms with Crippen molar-refractivity contribution in [2.24, 2.45) is 13.0 Å². The summed E-state index contributed by atoms with van der Waals surface area (Å²) >= 11 is 0.